The zero-order valence-electron chi connectivity index (χ0n) is 17.3. The molecule has 0 aliphatic heterocycles. The quantitative estimate of drug-likeness (QED) is 0.201. The third-order valence-corrected chi connectivity index (χ3v) is 8.28. The van der Waals surface area contributed by atoms with Crippen molar-refractivity contribution >= 4 is 7.37 Å². The van der Waals surface area contributed by atoms with Crippen molar-refractivity contribution in [3.8, 4) is 0 Å². The Morgan fingerprint density at radius 3 is 1.60 bits per heavy atom. The van der Waals surface area contributed by atoms with Crippen molar-refractivity contribution in [2.45, 2.75) is 129 Å². The van der Waals surface area contributed by atoms with Gasteiger partial charge >= 0.3 is 0 Å². The maximum atomic E-state index is 13.4. The first-order valence-corrected chi connectivity index (χ1v) is 13.5. The third kappa shape index (κ3) is 12.2. The summed E-state index contributed by atoms with van der Waals surface area (Å²) >= 11 is 0. The Morgan fingerprint density at radius 2 is 1.12 bits per heavy atom. The summed E-state index contributed by atoms with van der Waals surface area (Å²) in [7, 11) is -2.40. The van der Waals surface area contributed by atoms with Gasteiger partial charge in [-0.1, -0.05) is 97.3 Å². The van der Waals surface area contributed by atoms with Gasteiger partial charge in [-0.3, -0.25) is 4.57 Å². The van der Waals surface area contributed by atoms with E-state index in [2.05, 4.69) is 13.8 Å². The SMILES string of the molecule is CCCCCCCCP(=O)(CCCCCCCC)OC1CCCCC1. The summed E-state index contributed by atoms with van der Waals surface area (Å²) in [4.78, 5) is 0. The number of rotatable bonds is 16. The molecule has 3 heteroatoms. The molecule has 0 unspecified atom stereocenters. The maximum absolute atomic E-state index is 13.4. The van der Waals surface area contributed by atoms with Crippen molar-refractivity contribution in [1.82, 2.24) is 0 Å². The normalized spacial score (nSPS) is 16.4. The average molecular weight is 373 g/mol. The molecule has 25 heavy (non-hydrogen) atoms. The van der Waals surface area contributed by atoms with E-state index in [1.807, 2.05) is 0 Å². The third-order valence-electron chi connectivity index (χ3n) is 5.60. The van der Waals surface area contributed by atoms with Crippen molar-refractivity contribution in [2.75, 3.05) is 12.3 Å². The Morgan fingerprint density at radius 1 is 0.680 bits per heavy atom. The molecule has 1 aliphatic rings. The fourth-order valence-electron chi connectivity index (χ4n) is 3.93. The van der Waals surface area contributed by atoms with Gasteiger partial charge in [-0.2, -0.15) is 0 Å². The van der Waals surface area contributed by atoms with Gasteiger partial charge in [0.1, 0.15) is 0 Å². The molecule has 1 aliphatic carbocycles. The van der Waals surface area contributed by atoms with Gasteiger partial charge in [0, 0.05) is 12.3 Å². The molecule has 0 spiro atoms. The first-order chi connectivity index (χ1) is 12.2. The van der Waals surface area contributed by atoms with Crippen molar-refractivity contribution < 1.29 is 9.09 Å². The van der Waals surface area contributed by atoms with E-state index in [-0.39, 0.29) is 0 Å². The molecule has 2 nitrogen and oxygen atoms in total. The highest BCUT2D eigenvalue weighted by Crippen LogP contribution is 2.51. The Hall–Kier alpha value is 0.190. The van der Waals surface area contributed by atoms with Crippen molar-refractivity contribution in [3.05, 3.63) is 0 Å². The number of hydrogen-bond acceptors (Lipinski definition) is 2. The van der Waals surface area contributed by atoms with Crippen LogP contribution in [0.15, 0.2) is 0 Å². The van der Waals surface area contributed by atoms with Gasteiger partial charge in [-0.15, -0.1) is 0 Å². The average Bonchev–Trinajstić information content (AvgIpc) is 2.62. The minimum Gasteiger partial charge on any atom is -0.325 e. The summed E-state index contributed by atoms with van der Waals surface area (Å²) in [5, 5.41) is 0. The molecule has 0 bridgehead atoms. The topological polar surface area (TPSA) is 26.3 Å². The molecule has 1 saturated carbocycles. The lowest BCUT2D eigenvalue weighted by Gasteiger charge is -2.28. The molecular weight excluding hydrogens is 327 g/mol. The molecule has 0 aromatic heterocycles. The smallest absolute Gasteiger partial charge is 0.203 e. The molecule has 0 amide bonds. The Balaban J connectivity index is 2.32. The molecular formula is C22H45O2P. The van der Waals surface area contributed by atoms with Crippen LogP contribution in [0, 0.1) is 0 Å². The minimum absolute atomic E-state index is 0.291. The Kier molecular flexibility index (Phi) is 14.2. The summed E-state index contributed by atoms with van der Waals surface area (Å²) in [6.45, 7) is 4.51. The molecule has 150 valence electrons. The van der Waals surface area contributed by atoms with Gasteiger partial charge < -0.3 is 4.52 Å². The van der Waals surface area contributed by atoms with Crippen LogP contribution in [-0.4, -0.2) is 18.4 Å². The van der Waals surface area contributed by atoms with Gasteiger partial charge in [0.05, 0.1) is 6.10 Å². The monoisotopic (exact) mass is 372 g/mol. The van der Waals surface area contributed by atoms with Crippen LogP contribution in [0.1, 0.15) is 123 Å². The molecule has 0 N–H and O–H groups in total. The second kappa shape index (κ2) is 15.3. The van der Waals surface area contributed by atoms with Gasteiger partial charge in [0.15, 0.2) is 0 Å². The lowest BCUT2D eigenvalue weighted by atomic mass is 9.98. The molecule has 0 atom stereocenters. The van der Waals surface area contributed by atoms with Crippen LogP contribution in [0.3, 0.4) is 0 Å². The minimum atomic E-state index is -2.40. The summed E-state index contributed by atoms with van der Waals surface area (Å²) < 4.78 is 19.7. The van der Waals surface area contributed by atoms with Crippen molar-refractivity contribution in [1.29, 1.82) is 0 Å². The summed E-state index contributed by atoms with van der Waals surface area (Å²) in [6.07, 6.45) is 23.3. The Labute approximate surface area is 158 Å². The summed E-state index contributed by atoms with van der Waals surface area (Å²) in [6, 6.07) is 0. The molecule has 0 saturated heterocycles. The van der Waals surface area contributed by atoms with E-state index in [1.165, 1.54) is 83.5 Å². The molecule has 1 rings (SSSR count). The largest absolute Gasteiger partial charge is 0.325 e. The van der Waals surface area contributed by atoms with E-state index in [4.69, 9.17) is 4.52 Å². The fourth-order valence-corrected chi connectivity index (χ4v) is 6.52. The summed E-state index contributed by atoms with van der Waals surface area (Å²) in [5.74, 6) is 0. The van der Waals surface area contributed by atoms with E-state index < -0.39 is 7.37 Å². The van der Waals surface area contributed by atoms with E-state index >= 15 is 0 Å². The van der Waals surface area contributed by atoms with Crippen LogP contribution in [0.2, 0.25) is 0 Å². The van der Waals surface area contributed by atoms with Crippen molar-refractivity contribution in [3.63, 3.8) is 0 Å². The molecule has 0 heterocycles. The fraction of sp³-hybridized carbons (Fsp3) is 1.00. The van der Waals surface area contributed by atoms with Crippen LogP contribution in [-0.2, 0) is 9.09 Å². The van der Waals surface area contributed by atoms with E-state index in [1.54, 1.807) is 0 Å². The highest BCUT2D eigenvalue weighted by atomic mass is 31.2. The van der Waals surface area contributed by atoms with Gasteiger partial charge in [-0.05, 0) is 25.7 Å². The van der Waals surface area contributed by atoms with Gasteiger partial charge in [0.2, 0.25) is 7.37 Å². The van der Waals surface area contributed by atoms with Crippen LogP contribution < -0.4 is 0 Å². The van der Waals surface area contributed by atoms with E-state index in [0.29, 0.717) is 6.10 Å². The van der Waals surface area contributed by atoms with Crippen molar-refractivity contribution in [2.24, 2.45) is 0 Å². The highest BCUT2D eigenvalue weighted by Gasteiger charge is 2.27. The number of hydrogen-bond donors (Lipinski definition) is 0. The van der Waals surface area contributed by atoms with Crippen LogP contribution >= 0.6 is 7.37 Å². The molecule has 0 aromatic rings. The Bertz CT molecular complexity index is 317. The van der Waals surface area contributed by atoms with Gasteiger partial charge in [-0.25, -0.2) is 0 Å². The van der Waals surface area contributed by atoms with Crippen LogP contribution in [0.5, 0.6) is 0 Å². The van der Waals surface area contributed by atoms with E-state index in [0.717, 1.165) is 38.0 Å². The van der Waals surface area contributed by atoms with Gasteiger partial charge in [0.25, 0.3) is 0 Å². The highest BCUT2D eigenvalue weighted by molar-refractivity contribution is 7.58. The zero-order valence-corrected chi connectivity index (χ0v) is 18.2. The first-order valence-electron chi connectivity index (χ1n) is 11.5. The molecule has 1 fully saturated rings. The van der Waals surface area contributed by atoms with E-state index in [9.17, 15) is 4.57 Å². The van der Waals surface area contributed by atoms with Crippen LogP contribution in [0.4, 0.5) is 0 Å². The predicted octanol–water partition coefficient (Wildman–Crippen LogP) is 8.33. The predicted molar refractivity (Wildman–Crippen MR) is 112 cm³/mol. The molecule has 0 radical (unpaired) electrons. The standard InChI is InChI=1S/C22H45O2P/c1-3-5-7-9-11-16-20-25(23,21-17-12-10-8-6-4-2)24-22-18-14-13-15-19-22/h22H,3-21H2,1-2H3. The second-order valence-electron chi connectivity index (χ2n) is 8.16. The molecule has 0 aromatic carbocycles. The second-order valence-corrected chi connectivity index (χ2v) is 10.9. The van der Waals surface area contributed by atoms with Crippen LogP contribution in [0.25, 0.3) is 0 Å². The lowest BCUT2D eigenvalue weighted by Crippen LogP contribution is -2.17. The summed E-state index contributed by atoms with van der Waals surface area (Å²) in [5.41, 5.74) is 0. The maximum Gasteiger partial charge on any atom is 0.203 e. The first kappa shape index (κ1) is 23.2. The zero-order chi connectivity index (χ0) is 18.2. The lowest BCUT2D eigenvalue weighted by molar-refractivity contribution is 0.157. The number of unbranched alkanes of at least 4 members (excludes halogenated alkanes) is 10.